The zero-order chi connectivity index (χ0) is 27.4. The topological polar surface area (TPSA) is 83.8 Å². The van der Waals surface area contributed by atoms with E-state index in [0.29, 0.717) is 23.7 Å². The van der Waals surface area contributed by atoms with Crippen molar-refractivity contribution in [3.63, 3.8) is 0 Å². The summed E-state index contributed by atoms with van der Waals surface area (Å²) in [7, 11) is 0. The maximum absolute atomic E-state index is 13.4. The Balaban J connectivity index is 0.00000210. The molecule has 0 heterocycles. The number of hydrogen-bond donors (Lipinski definition) is 2. The molecule has 214 valence electrons. The number of carbonyl (C=O) groups is 2. The van der Waals surface area contributed by atoms with Crippen LogP contribution in [0.25, 0.3) is 0 Å². The molecule has 0 bridgehead atoms. The van der Waals surface area contributed by atoms with Crippen LogP contribution in [0, 0.1) is 62.6 Å². The molecule has 0 aliphatic heterocycles. The van der Waals surface area contributed by atoms with Crippen molar-refractivity contribution in [2.75, 3.05) is 0 Å². The fourth-order valence-electron chi connectivity index (χ4n) is 12.1. The number of carboxylic acid groups (broad SMARTS) is 1. The van der Waals surface area contributed by atoms with Crippen molar-refractivity contribution >= 4 is 12.1 Å². The molecule has 0 aromatic carbocycles. The van der Waals surface area contributed by atoms with E-state index in [1.165, 1.54) is 25.7 Å². The molecule has 5 saturated carbocycles. The molecule has 7 heteroatoms. The molecule has 0 spiro atoms. The van der Waals surface area contributed by atoms with Crippen LogP contribution < -0.4 is 37.7 Å². The van der Waals surface area contributed by atoms with Crippen LogP contribution in [0.3, 0.4) is 0 Å². The SMILES string of the molecule is C[C@@H]1[C@H]2[C@H]3CC[C@@H]4[C@]5(C)[C@@H](CC[C@@]4(C)[C@]3(C)CC[C@@]2(C)CC[C@H]1C)C(C)(C)CCC5(O)C(=O)OC(=O)O.[H-].[H-].[Li+].[Li+]. The molecule has 11 atom stereocenters. The Morgan fingerprint density at radius 3 is 2.03 bits per heavy atom. The van der Waals surface area contributed by atoms with E-state index in [2.05, 4.69) is 55.4 Å². The van der Waals surface area contributed by atoms with Crippen LogP contribution in [0.2, 0.25) is 0 Å². The predicted octanol–water partition coefficient (Wildman–Crippen LogP) is 1.93. The van der Waals surface area contributed by atoms with Gasteiger partial charge in [0.25, 0.3) is 0 Å². The minimum atomic E-state index is -1.78. The molecule has 0 aromatic heterocycles. The molecular weight excluding hydrogens is 478 g/mol. The molecule has 0 radical (unpaired) electrons. The summed E-state index contributed by atoms with van der Waals surface area (Å²) in [5.41, 5.74) is -2.00. The summed E-state index contributed by atoms with van der Waals surface area (Å²) in [6, 6.07) is 0. The fraction of sp³-hybridized carbons (Fsp3) is 0.938. The standard InChI is InChI=1S/C32H52O5.2Li.2H/c1-19-11-13-28(5)16-17-29(6)21(24(28)20(19)2)9-10-23-30(29,7)14-12-22-27(3,4)15-18-32(36,31(22,23)8)25(33)37-26(34)35;;;;/h19-24,36H,9-18H2,1-8H3,(H,34,35);;;;/q;2*+1;2*-1/t19-,20+,21-,22+,23+,24+,28-,29-,30-,31+,32?;;;;/m1..../s1. The molecule has 5 aliphatic rings. The Labute approximate surface area is 264 Å². The van der Waals surface area contributed by atoms with Gasteiger partial charge in [-0.2, -0.15) is 0 Å². The minimum absolute atomic E-state index is 0. The summed E-state index contributed by atoms with van der Waals surface area (Å²) in [4.78, 5) is 24.8. The predicted molar refractivity (Wildman–Crippen MR) is 146 cm³/mol. The van der Waals surface area contributed by atoms with Gasteiger partial charge in [-0.15, -0.1) is 0 Å². The first-order chi connectivity index (χ1) is 17.0. The number of aliphatic hydroxyl groups is 1. The normalized spacial score (nSPS) is 51.8. The van der Waals surface area contributed by atoms with Crippen LogP contribution in [0.1, 0.15) is 122 Å². The molecule has 2 N–H and O–H groups in total. The molecule has 0 saturated heterocycles. The van der Waals surface area contributed by atoms with Gasteiger partial charge < -0.3 is 17.8 Å². The Hall–Kier alpha value is 0.0948. The first-order valence-corrected chi connectivity index (χ1v) is 15.2. The third kappa shape index (κ3) is 4.33. The van der Waals surface area contributed by atoms with Crippen LogP contribution in [-0.4, -0.2) is 27.9 Å². The first-order valence-electron chi connectivity index (χ1n) is 15.2. The zero-order valence-electron chi connectivity index (χ0n) is 28.7. The second kappa shape index (κ2) is 10.4. The monoisotopic (exact) mass is 532 g/mol. The van der Waals surface area contributed by atoms with Crippen LogP contribution in [0.5, 0.6) is 0 Å². The minimum Gasteiger partial charge on any atom is -1.00 e. The molecule has 0 aromatic rings. The Morgan fingerprint density at radius 1 is 0.769 bits per heavy atom. The Kier molecular flexibility index (Phi) is 8.93. The van der Waals surface area contributed by atoms with E-state index in [4.69, 9.17) is 4.74 Å². The number of carbonyl (C=O) groups excluding carboxylic acids is 1. The van der Waals surface area contributed by atoms with Crippen molar-refractivity contribution in [1.82, 2.24) is 0 Å². The summed E-state index contributed by atoms with van der Waals surface area (Å²) in [6.45, 7) is 19.3. The first kappa shape index (κ1) is 33.6. The van der Waals surface area contributed by atoms with E-state index in [0.717, 1.165) is 37.5 Å². The Bertz CT molecular complexity index is 997. The van der Waals surface area contributed by atoms with Crippen LogP contribution >= 0.6 is 0 Å². The molecule has 1 unspecified atom stereocenters. The summed E-state index contributed by atoms with van der Waals surface area (Å²) in [5.74, 6) is 2.18. The number of rotatable bonds is 1. The van der Waals surface area contributed by atoms with E-state index in [1.807, 2.05) is 0 Å². The second-order valence-corrected chi connectivity index (χ2v) is 16.0. The van der Waals surface area contributed by atoms with Crippen molar-refractivity contribution in [2.45, 2.75) is 125 Å². The van der Waals surface area contributed by atoms with Gasteiger partial charge in [-0.1, -0.05) is 55.4 Å². The van der Waals surface area contributed by atoms with Gasteiger partial charge in [0.05, 0.1) is 0 Å². The maximum atomic E-state index is 13.4. The fourth-order valence-corrected chi connectivity index (χ4v) is 12.1. The van der Waals surface area contributed by atoms with Gasteiger partial charge in [0.1, 0.15) is 0 Å². The van der Waals surface area contributed by atoms with E-state index < -0.39 is 23.1 Å². The van der Waals surface area contributed by atoms with Crippen molar-refractivity contribution in [3.05, 3.63) is 0 Å². The molecular formula is C32H54Li2O5. The maximum Gasteiger partial charge on any atom is 1.00 e. The summed E-state index contributed by atoms with van der Waals surface area (Å²) in [5, 5.41) is 21.6. The summed E-state index contributed by atoms with van der Waals surface area (Å²) in [6.07, 6.45) is 8.71. The van der Waals surface area contributed by atoms with E-state index in [1.54, 1.807) is 0 Å². The van der Waals surface area contributed by atoms with Crippen LogP contribution in [0.15, 0.2) is 0 Å². The smallest absolute Gasteiger partial charge is 1.00 e. The van der Waals surface area contributed by atoms with Crippen molar-refractivity contribution in [3.8, 4) is 0 Å². The number of fused-ring (bicyclic) bond motifs is 7. The number of ether oxygens (including phenoxy) is 1. The quantitative estimate of drug-likeness (QED) is 0.306. The largest absolute Gasteiger partial charge is 1.00 e. The third-order valence-corrected chi connectivity index (χ3v) is 14.6. The van der Waals surface area contributed by atoms with Crippen LogP contribution in [0.4, 0.5) is 4.79 Å². The van der Waals surface area contributed by atoms with E-state index in [-0.39, 0.29) is 75.1 Å². The van der Waals surface area contributed by atoms with Gasteiger partial charge in [0, 0.05) is 5.41 Å². The Morgan fingerprint density at radius 2 is 1.41 bits per heavy atom. The van der Waals surface area contributed by atoms with Gasteiger partial charge in [-0.05, 0) is 121 Å². The molecule has 5 aliphatic carbocycles. The van der Waals surface area contributed by atoms with E-state index >= 15 is 0 Å². The van der Waals surface area contributed by atoms with Gasteiger partial charge in [0.2, 0.25) is 0 Å². The average molecular weight is 533 g/mol. The van der Waals surface area contributed by atoms with Crippen molar-refractivity contribution < 1.29 is 65.1 Å². The number of hydrogen-bond acceptors (Lipinski definition) is 4. The molecule has 39 heavy (non-hydrogen) atoms. The van der Waals surface area contributed by atoms with E-state index in [9.17, 15) is 19.8 Å². The second-order valence-electron chi connectivity index (χ2n) is 16.0. The third-order valence-electron chi connectivity index (χ3n) is 14.6. The molecule has 5 nitrogen and oxygen atoms in total. The summed E-state index contributed by atoms with van der Waals surface area (Å²) >= 11 is 0. The van der Waals surface area contributed by atoms with Gasteiger partial charge in [-0.3, -0.25) is 0 Å². The van der Waals surface area contributed by atoms with Crippen molar-refractivity contribution in [1.29, 1.82) is 0 Å². The van der Waals surface area contributed by atoms with Crippen molar-refractivity contribution in [2.24, 2.45) is 62.6 Å². The summed E-state index contributed by atoms with van der Waals surface area (Å²) < 4.78 is 4.76. The van der Waals surface area contributed by atoms with Gasteiger partial charge in [0.15, 0.2) is 5.60 Å². The molecule has 5 fully saturated rings. The van der Waals surface area contributed by atoms with Crippen LogP contribution in [-0.2, 0) is 9.53 Å². The molecule has 0 amide bonds. The van der Waals surface area contributed by atoms with Gasteiger partial charge >= 0.3 is 49.8 Å². The molecule has 5 rings (SSSR count). The average Bonchev–Trinajstić information content (AvgIpc) is 2.80. The van der Waals surface area contributed by atoms with Gasteiger partial charge in [-0.25, -0.2) is 9.59 Å². The number of esters is 1. The zero-order valence-corrected chi connectivity index (χ0v) is 26.7.